The second-order valence-electron chi connectivity index (χ2n) is 4.38. The lowest BCUT2D eigenvalue weighted by Gasteiger charge is -2.21. The molecule has 84 valence electrons. The first kappa shape index (κ1) is 12.0. The van der Waals surface area contributed by atoms with Crippen molar-refractivity contribution < 1.29 is 9.53 Å². The fourth-order valence-electron chi connectivity index (χ4n) is 1.09. The highest BCUT2D eigenvalue weighted by Gasteiger charge is 2.18. The first-order valence-corrected chi connectivity index (χ1v) is 5.79. The Kier molecular flexibility index (Phi) is 3.74. The van der Waals surface area contributed by atoms with Crippen molar-refractivity contribution in [3.63, 3.8) is 0 Å². The van der Waals surface area contributed by atoms with Crippen LogP contribution in [0.25, 0.3) is 0 Å². The van der Waals surface area contributed by atoms with Crippen LogP contribution in [0, 0.1) is 0 Å². The third kappa shape index (κ3) is 4.34. The van der Waals surface area contributed by atoms with Crippen molar-refractivity contribution >= 4 is 17.4 Å². The lowest BCUT2D eigenvalue weighted by Crippen LogP contribution is -2.33. The van der Waals surface area contributed by atoms with Crippen LogP contribution in [0.15, 0.2) is 17.5 Å². The van der Waals surface area contributed by atoms with Gasteiger partial charge in [-0.05, 0) is 39.1 Å². The molecule has 1 atom stereocenters. The van der Waals surface area contributed by atoms with Gasteiger partial charge in [-0.25, -0.2) is 4.79 Å². The van der Waals surface area contributed by atoms with Crippen LogP contribution in [-0.2, 0) is 4.74 Å². The Balaban J connectivity index is 2.45. The largest absolute Gasteiger partial charge is 0.444 e. The molecule has 4 heteroatoms. The average molecular weight is 227 g/mol. The maximum atomic E-state index is 11.4. The Labute approximate surface area is 94.5 Å². The van der Waals surface area contributed by atoms with Crippen molar-refractivity contribution in [2.45, 2.75) is 39.3 Å². The van der Waals surface area contributed by atoms with E-state index >= 15 is 0 Å². The molecular weight excluding hydrogens is 210 g/mol. The van der Waals surface area contributed by atoms with Crippen molar-refractivity contribution in [1.29, 1.82) is 0 Å². The highest BCUT2D eigenvalue weighted by molar-refractivity contribution is 7.10. The highest BCUT2D eigenvalue weighted by atomic mass is 32.1. The van der Waals surface area contributed by atoms with Crippen molar-refractivity contribution in [2.75, 3.05) is 0 Å². The Morgan fingerprint density at radius 2 is 2.20 bits per heavy atom. The van der Waals surface area contributed by atoms with Crippen LogP contribution in [0.2, 0.25) is 0 Å². The van der Waals surface area contributed by atoms with Crippen LogP contribution in [0.5, 0.6) is 0 Å². The number of carbonyl (C=O) groups excluding carboxylic acids is 1. The summed E-state index contributed by atoms with van der Waals surface area (Å²) in [6, 6.07) is 3.96. The van der Waals surface area contributed by atoms with E-state index in [0.29, 0.717) is 0 Å². The Hall–Kier alpha value is -1.03. The molecule has 15 heavy (non-hydrogen) atoms. The smallest absolute Gasteiger partial charge is 0.408 e. The lowest BCUT2D eigenvalue weighted by atomic mass is 10.2. The molecule has 0 fully saturated rings. The fourth-order valence-corrected chi connectivity index (χ4v) is 1.83. The minimum atomic E-state index is -0.445. The molecule has 0 aromatic carbocycles. The van der Waals surface area contributed by atoms with E-state index < -0.39 is 5.60 Å². The van der Waals surface area contributed by atoms with E-state index in [1.807, 2.05) is 45.2 Å². The maximum absolute atomic E-state index is 11.4. The van der Waals surface area contributed by atoms with E-state index in [0.717, 1.165) is 4.88 Å². The fraction of sp³-hybridized carbons (Fsp3) is 0.545. The number of hydrogen-bond acceptors (Lipinski definition) is 3. The Morgan fingerprint density at radius 3 is 2.67 bits per heavy atom. The summed E-state index contributed by atoms with van der Waals surface area (Å²) in [6.07, 6.45) is -0.372. The molecule has 0 spiro atoms. The molecule has 0 aliphatic heterocycles. The molecule has 0 saturated carbocycles. The second kappa shape index (κ2) is 4.66. The van der Waals surface area contributed by atoms with Crippen LogP contribution in [0.4, 0.5) is 4.79 Å². The van der Waals surface area contributed by atoms with Gasteiger partial charge < -0.3 is 10.1 Å². The molecule has 0 unspecified atom stereocenters. The zero-order valence-electron chi connectivity index (χ0n) is 9.53. The summed E-state index contributed by atoms with van der Waals surface area (Å²) in [5.41, 5.74) is -0.445. The normalized spacial score (nSPS) is 13.3. The highest BCUT2D eigenvalue weighted by Crippen LogP contribution is 2.18. The van der Waals surface area contributed by atoms with Crippen molar-refractivity contribution in [1.82, 2.24) is 5.32 Å². The predicted molar refractivity (Wildman–Crippen MR) is 62.1 cm³/mol. The predicted octanol–water partition coefficient (Wildman–Crippen LogP) is 3.33. The Morgan fingerprint density at radius 1 is 1.53 bits per heavy atom. The van der Waals surface area contributed by atoms with Gasteiger partial charge in [-0.2, -0.15) is 0 Å². The molecule has 1 aromatic heterocycles. The van der Waals surface area contributed by atoms with Crippen LogP contribution in [-0.4, -0.2) is 11.7 Å². The summed E-state index contributed by atoms with van der Waals surface area (Å²) in [5, 5.41) is 4.78. The van der Waals surface area contributed by atoms with E-state index in [1.165, 1.54) is 0 Å². The number of alkyl carbamates (subject to hydrolysis) is 1. The SMILES string of the molecule is C[C@@H](NC(=O)OC(C)(C)C)c1cccs1. The lowest BCUT2D eigenvalue weighted by molar-refractivity contribution is 0.0509. The van der Waals surface area contributed by atoms with E-state index in [-0.39, 0.29) is 12.1 Å². The van der Waals surface area contributed by atoms with Crippen LogP contribution in [0.3, 0.4) is 0 Å². The molecule has 1 heterocycles. The third-order valence-corrected chi connectivity index (χ3v) is 2.76. The van der Waals surface area contributed by atoms with Gasteiger partial charge in [-0.1, -0.05) is 6.07 Å². The summed E-state index contributed by atoms with van der Waals surface area (Å²) in [6.45, 7) is 7.49. The van der Waals surface area contributed by atoms with E-state index in [9.17, 15) is 4.79 Å². The quantitative estimate of drug-likeness (QED) is 0.841. The zero-order valence-corrected chi connectivity index (χ0v) is 10.4. The van der Waals surface area contributed by atoms with Gasteiger partial charge in [0.2, 0.25) is 0 Å². The summed E-state index contributed by atoms with van der Waals surface area (Å²) < 4.78 is 5.16. The zero-order chi connectivity index (χ0) is 11.5. The average Bonchev–Trinajstić information content (AvgIpc) is 2.50. The van der Waals surface area contributed by atoms with Crippen molar-refractivity contribution in [2.24, 2.45) is 0 Å². The van der Waals surface area contributed by atoms with Crippen LogP contribution in [0.1, 0.15) is 38.6 Å². The minimum Gasteiger partial charge on any atom is -0.444 e. The topological polar surface area (TPSA) is 38.3 Å². The number of hydrogen-bond donors (Lipinski definition) is 1. The van der Waals surface area contributed by atoms with Gasteiger partial charge in [-0.15, -0.1) is 11.3 Å². The van der Waals surface area contributed by atoms with Gasteiger partial charge in [0.05, 0.1) is 6.04 Å². The summed E-state index contributed by atoms with van der Waals surface area (Å²) in [5.74, 6) is 0. The van der Waals surface area contributed by atoms with Crippen molar-refractivity contribution in [3.05, 3.63) is 22.4 Å². The number of carbonyl (C=O) groups is 1. The van der Waals surface area contributed by atoms with E-state index in [4.69, 9.17) is 4.74 Å². The molecule has 1 amide bonds. The molecule has 1 aromatic rings. The van der Waals surface area contributed by atoms with Crippen molar-refractivity contribution in [3.8, 4) is 0 Å². The number of nitrogens with one attached hydrogen (secondary N) is 1. The molecule has 0 aliphatic carbocycles. The number of thiophene rings is 1. The maximum Gasteiger partial charge on any atom is 0.408 e. The summed E-state index contributed by atoms with van der Waals surface area (Å²) in [7, 11) is 0. The van der Waals surface area contributed by atoms with Crippen LogP contribution >= 0.6 is 11.3 Å². The molecular formula is C11H17NO2S. The molecule has 3 nitrogen and oxygen atoms in total. The monoisotopic (exact) mass is 227 g/mol. The van der Waals surface area contributed by atoms with Gasteiger partial charge in [-0.3, -0.25) is 0 Å². The van der Waals surface area contributed by atoms with Gasteiger partial charge in [0, 0.05) is 4.88 Å². The minimum absolute atomic E-state index is 0.000139. The Bertz CT molecular complexity index is 314. The summed E-state index contributed by atoms with van der Waals surface area (Å²) in [4.78, 5) is 12.6. The first-order valence-electron chi connectivity index (χ1n) is 4.91. The van der Waals surface area contributed by atoms with Gasteiger partial charge in [0.1, 0.15) is 5.60 Å². The van der Waals surface area contributed by atoms with Crippen LogP contribution < -0.4 is 5.32 Å². The molecule has 0 bridgehead atoms. The number of rotatable bonds is 2. The third-order valence-electron chi connectivity index (χ3n) is 1.70. The van der Waals surface area contributed by atoms with E-state index in [2.05, 4.69) is 5.32 Å². The van der Waals surface area contributed by atoms with E-state index in [1.54, 1.807) is 11.3 Å². The second-order valence-corrected chi connectivity index (χ2v) is 5.36. The first-order chi connectivity index (χ1) is 6.88. The molecule has 0 aliphatic rings. The molecule has 0 radical (unpaired) electrons. The molecule has 1 rings (SSSR count). The van der Waals surface area contributed by atoms with Gasteiger partial charge in [0.25, 0.3) is 0 Å². The number of amides is 1. The number of ether oxygens (including phenoxy) is 1. The molecule has 0 saturated heterocycles. The van der Waals surface area contributed by atoms with Gasteiger partial charge >= 0.3 is 6.09 Å². The standard InChI is InChI=1S/C11H17NO2S/c1-8(9-6-5-7-15-9)12-10(13)14-11(2,3)4/h5-8H,1-4H3,(H,12,13)/t8-/m1/s1. The molecule has 1 N–H and O–H groups in total. The summed E-state index contributed by atoms with van der Waals surface area (Å²) >= 11 is 1.62. The van der Waals surface area contributed by atoms with Gasteiger partial charge in [0.15, 0.2) is 0 Å².